The molecule has 0 amide bonds. The van der Waals surface area contributed by atoms with Gasteiger partial charge in [0.1, 0.15) is 0 Å². The van der Waals surface area contributed by atoms with Gasteiger partial charge < -0.3 is 5.32 Å². The van der Waals surface area contributed by atoms with Crippen molar-refractivity contribution in [3.8, 4) is 0 Å². The van der Waals surface area contributed by atoms with Crippen LogP contribution in [0.3, 0.4) is 0 Å². The lowest BCUT2D eigenvalue weighted by atomic mass is 10.00. The van der Waals surface area contributed by atoms with Gasteiger partial charge in [-0.2, -0.15) is 0 Å². The first-order chi connectivity index (χ1) is 8.40. The normalized spacial score (nSPS) is 27.4. The summed E-state index contributed by atoms with van der Waals surface area (Å²) in [6, 6.07) is 6.43. The Morgan fingerprint density at radius 1 is 1.35 bits per heavy atom. The molecule has 0 radical (unpaired) electrons. The summed E-state index contributed by atoms with van der Waals surface area (Å²) in [7, 11) is 0. The van der Waals surface area contributed by atoms with Crippen molar-refractivity contribution in [2.45, 2.75) is 6.42 Å². The van der Waals surface area contributed by atoms with Crippen LogP contribution in [0.15, 0.2) is 30.5 Å². The third-order valence-electron chi connectivity index (χ3n) is 3.89. The van der Waals surface area contributed by atoms with Gasteiger partial charge in [-0.1, -0.05) is 6.08 Å². The van der Waals surface area contributed by atoms with E-state index in [4.69, 9.17) is 0 Å². The second kappa shape index (κ2) is 3.65. The van der Waals surface area contributed by atoms with E-state index in [0.29, 0.717) is 0 Å². The molecular weight excluding hydrogens is 228 g/mol. The summed E-state index contributed by atoms with van der Waals surface area (Å²) in [5.74, 6) is 1.60. The summed E-state index contributed by atoms with van der Waals surface area (Å²) in [5, 5.41) is 3.47. The molecule has 2 nitrogen and oxygen atoms in total. The highest BCUT2D eigenvalue weighted by molar-refractivity contribution is 7.20. The molecule has 3 heteroatoms. The standard InChI is InChI=1S/C14H14N2S/c1-2-13-12(16-3-1)6-14(17-13)9-4-10-7-15-8-11(10)5-9/h1-4,6,10-11,15H,5,7-8H2/t10-,11+/m0/s1. The monoisotopic (exact) mass is 242 g/mol. The number of hydrogen-bond acceptors (Lipinski definition) is 3. The smallest absolute Gasteiger partial charge is 0.0816 e. The van der Waals surface area contributed by atoms with E-state index in [1.54, 1.807) is 5.57 Å². The Kier molecular flexibility index (Phi) is 2.11. The molecule has 2 aromatic heterocycles. The lowest BCUT2D eigenvalue weighted by molar-refractivity contribution is 0.536. The maximum atomic E-state index is 4.42. The zero-order chi connectivity index (χ0) is 11.2. The molecule has 86 valence electrons. The van der Waals surface area contributed by atoms with Crippen molar-refractivity contribution in [3.63, 3.8) is 0 Å². The van der Waals surface area contributed by atoms with Crippen molar-refractivity contribution in [1.82, 2.24) is 10.3 Å². The van der Waals surface area contributed by atoms with Gasteiger partial charge in [-0.15, -0.1) is 11.3 Å². The molecule has 1 saturated heterocycles. The molecule has 1 N–H and O–H groups in total. The Morgan fingerprint density at radius 2 is 2.35 bits per heavy atom. The van der Waals surface area contributed by atoms with Gasteiger partial charge in [-0.3, -0.25) is 4.98 Å². The van der Waals surface area contributed by atoms with Crippen LogP contribution < -0.4 is 5.32 Å². The summed E-state index contributed by atoms with van der Waals surface area (Å²) in [6.07, 6.45) is 5.60. The molecular formula is C14H14N2S. The summed E-state index contributed by atoms with van der Waals surface area (Å²) in [6.45, 7) is 2.35. The average molecular weight is 242 g/mol. The zero-order valence-electron chi connectivity index (χ0n) is 9.52. The maximum absolute atomic E-state index is 4.42. The van der Waals surface area contributed by atoms with E-state index in [2.05, 4.69) is 28.5 Å². The van der Waals surface area contributed by atoms with Crippen molar-refractivity contribution >= 4 is 27.1 Å². The van der Waals surface area contributed by atoms with Crippen LogP contribution in [0, 0.1) is 11.8 Å². The molecule has 3 heterocycles. The predicted molar refractivity (Wildman–Crippen MR) is 72.1 cm³/mol. The van der Waals surface area contributed by atoms with E-state index in [1.165, 1.54) is 22.5 Å². The zero-order valence-corrected chi connectivity index (χ0v) is 10.3. The number of fused-ring (bicyclic) bond motifs is 2. The number of nitrogens with one attached hydrogen (secondary N) is 1. The first-order valence-electron chi connectivity index (χ1n) is 6.16. The van der Waals surface area contributed by atoms with Gasteiger partial charge in [-0.05, 0) is 48.6 Å². The molecule has 1 fully saturated rings. The third kappa shape index (κ3) is 1.53. The largest absolute Gasteiger partial charge is 0.316 e. The molecule has 0 unspecified atom stereocenters. The Bertz CT molecular complexity index is 566. The minimum Gasteiger partial charge on any atom is -0.316 e. The Hall–Kier alpha value is -1.19. The van der Waals surface area contributed by atoms with Gasteiger partial charge in [0.25, 0.3) is 0 Å². The number of pyridine rings is 1. The summed E-state index contributed by atoms with van der Waals surface area (Å²) in [4.78, 5) is 5.84. The van der Waals surface area contributed by atoms with Gasteiger partial charge in [-0.25, -0.2) is 0 Å². The van der Waals surface area contributed by atoms with E-state index < -0.39 is 0 Å². The number of thiophene rings is 1. The van der Waals surface area contributed by atoms with Crippen LogP contribution in [0.1, 0.15) is 11.3 Å². The Balaban J connectivity index is 1.75. The fourth-order valence-corrected chi connectivity index (χ4v) is 4.04. The minimum absolute atomic E-state index is 0.767. The van der Waals surface area contributed by atoms with Crippen molar-refractivity contribution in [1.29, 1.82) is 0 Å². The van der Waals surface area contributed by atoms with Crippen molar-refractivity contribution in [3.05, 3.63) is 35.3 Å². The van der Waals surface area contributed by atoms with Crippen LogP contribution in [0.5, 0.6) is 0 Å². The van der Waals surface area contributed by atoms with Crippen LogP contribution >= 0.6 is 11.3 Å². The Labute approximate surface area is 104 Å². The molecule has 0 saturated carbocycles. The van der Waals surface area contributed by atoms with Crippen LogP contribution in [-0.4, -0.2) is 18.1 Å². The van der Waals surface area contributed by atoms with Crippen molar-refractivity contribution in [2.75, 3.05) is 13.1 Å². The van der Waals surface area contributed by atoms with Crippen LogP contribution in [0.4, 0.5) is 0 Å². The number of aromatic nitrogens is 1. The van der Waals surface area contributed by atoms with Gasteiger partial charge in [0, 0.05) is 17.6 Å². The Morgan fingerprint density at radius 3 is 3.24 bits per heavy atom. The number of allylic oxidation sites excluding steroid dienone is 1. The lowest BCUT2D eigenvalue weighted by Gasteiger charge is -2.04. The quantitative estimate of drug-likeness (QED) is 0.831. The molecule has 17 heavy (non-hydrogen) atoms. The van der Waals surface area contributed by atoms with Crippen LogP contribution in [0.25, 0.3) is 15.8 Å². The molecule has 2 aromatic rings. The van der Waals surface area contributed by atoms with Crippen LogP contribution in [0.2, 0.25) is 0 Å². The van der Waals surface area contributed by atoms with E-state index >= 15 is 0 Å². The highest BCUT2D eigenvalue weighted by Crippen LogP contribution is 2.41. The highest BCUT2D eigenvalue weighted by Gasteiger charge is 2.32. The molecule has 4 rings (SSSR count). The molecule has 0 spiro atoms. The molecule has 0 aromatic carbocycles. The molecule has 2 atom stereocenters. The number of nitrogens with zero attached hydrogens (tertiary/aromatic N) is 1. The van der Waals surface area contributed by atoms with Gasteiger partial charge >= 0.3 is 0 Å². The SMILES string of the molecule is C1=C(c2cc3ncccc3s2)C[C@@H]2CNC[C@H]12. The predicted octanol–water partition coefficient (Wildman–Crippen LogP) is 2.92. The first kappa shape index (κ1) is 9.80. The second-order valence-corrected chi connectivity index (χ2v) is 6.06. The van der Waals surface area contributed by atoms with Crippen molar-refractivity contribution < 1.29 is 0 Å². The first-order valence-corrected chi connectivity index (χ1v) is 6.98. The molecule has 2 aliphatic rings. The molecule has 1 aliphatic heterocycles. The van der Waals surface area contributed by atoms with Gasteiger partial charge in [0.2, 0.25) is 0 Å². The van der Waals surface area contributed by atoms with Gasteiger partial charge in [0.15, 0.2) is 0 Å². The van der Waals surface area contributed by atoms with E-state index in [0.717, 1.165) is 23.9 Å². The third-order valence-corrected chi connectivity index (χ3v) is 5.06. The number of rotatable bonds is 1. The minimum atomic E-state index is 0.767. The van der Waals surface area contributed by atoms with E-state index in [1.807, 2.05) is 23.6 Å². The summed E-state index contributed by atoms with van der Waals surface area (Å²) >= 11 is 1.88. The molecule has 0 bridgehead atoms. The van der Waals surface area contributed by atoms with Crippen LogP contribution in [-0.2, 0) is 0 Å². The maximum Gasteiger partial charge on any atom is 0.0816 e. The number of hydrogen-bond donors (Lipinski definition) is 1. The fraction of sp³-hybridized carbons (Fsp3) is 0.357. The fourth-order valence-electron chi connectivity index (χ4n) is 2.99. The van der Waals surface area contributed by atoms with E-state index in [9.17, 15) is 0 Å². The van der Waals surface area contributed by atoms with Crippen molar-refractivity contribution in [2.24, 2.45) is 11.8 Å². The summed E-state index contributed by atoms with van der Waals surface area (Å²) < 4.78 is 1.30. The van der Waals surface area contributed by atoms with Gasteiger partial charge in [0.05, 0.1) is 10.2 Å². The molecule has 1 aliphatic carbocycles. The second-order valence-electron chi connectivity index (χ2n) is 4.98. The lowest BCUT2D eigenvalue weighted by Crippen LogP contribution is -2.08. The highest BCUT2D eigenvalue weighted by atomic mass is 32.1. The average Bonchev–Trinajstić information content (AvgIpc) is 3.01. The topological polar surface area (TPSA) is 24.9 Å². The summed E-state index contributed by atoms with van der Waals surface area (Å²) in [5.41, 5.74) is 2.69. The van der Waals surface area contributed by atoms with E-state index in [-0.39, 0.29) is 0 Å².